The van der Waals surface area contributed by atoms with Gasteiger partial charge in [-0.1, -0.05) is 6.07 Å². The fourth-order valence-corrected chi connectivity index (χ4v) is 3.11. The molecule has 34 heavy (non-hydrogen) atoms. The van der Waals surface area contributed by atoms with Crippen LogP contribution in [0.1, 0.15) is 27.2 Å². The van der Waals surface area contributed by atoms with Gasteiger partial charge in [-0.25, -0.2) is 24.7 Å². The van der Waals surface area contributed by atoms with Crippen LogP contribution in [0.3, 0.4) is 0 Å². The Morgan fingerprint density at radius 1 is 1.21 bits per heavy atom. The number of amides is 1. The van der Waals surface area contributed by atoms with Crippen LogP contribution >= 0.6 is 25.7 Å². The number of hydrazine groups is 1. The van der Waals surface area contributed by atoms with Crippen molar-refractivity contribution in [3.63, 3.8) is 0 Å². The number of aryl methyl sites for hydroxylation is 1. The number of rotatable bonds is 10. The van der Waals surface area contributed by atoms with Gasteiger partial charge in [0.15, 0.2) is 11.6 Å². The summed E-state index contributed by atoms with van der Waals surface area (Å²) in [5.74, 6) is -1.94. The van der Waals surface area contributed by atoms with Crippen LogP contribution in [0.2, 0.25) is 0 Å². The number of anilines is 3. The number of halogens is 2. The summed E-state index contributed by atoms with van der Waals surface area (Å²) in [6.07, 6.45) is 2.84. The van der Waals surface area contributed by atoms with Gasteiger partial charge in [-0.3, -0.25) is 9.78 Å². The summed E-state index contributed by atoms with van der Waals surface area (Å²) < 4.78 is 35.7. The molecule has 2 aromatic heterocycles. The largest absolute Gasteiger partial charge is 0.366 e. The molecule has 13 heteroatoms. The second kappa shape index (κ2) is 12.5. The van der Waals surface area contributed by atoms with E-state index in [0.29, 0.717) is 5.69 Å². The fraction of sp³-hybridized carbons (Fsp3) is 0.190. The van der Waals surface area contributed by atoms with Crippen LogP contribution in [0, 0.1) is 18.6 Å². The normalized spacial score (nSPS) is 10.6. The molecule has 0 aliphatic carbocycles. The number of nitrogens with one attached hydrogen (secondary N) is 3. The highest BCUT2D eigenvalue weighted by Crippen LogP contribution is 2.25. The number of aromatic nitrogens is 2. The SMILES string of the molecule is CNN(C)SONc1nccc(Cc2cc(C(N)=O)c(Nc3ccc(C)cc3F)cn2)c1F.S. The molecule has 1 aromatic carbocycles. The van der Waals surface area contributed by atoms with Gasteiger partial charge in [0, 0.05) is 25.4 Å². The standard InChI is InChI=1S/C21H23F2N7O2S.H2S/c1-12-4-5-17(16(22)8-12)28-18-11-27-14(10-15(18)20(24)31)9-13-6-7-26-21(19(13)23)29-32-33-30(3)25-2;/h4-8,10-11,25,28H,9H2,1-3H3,(H2,24,31)(H,26,29);1H2. The minimum atomic E-state index is -0.731. The number of carbonyl (C=O) groups is 1. The lowest BCUT2D eigenvalue weighted by atomic mass is 10.1. The summed E-state index contributed by atoms with van der Waals surface area (Å²) in [7, 11) is 3.40. The maximum atomic E-state index is 14.9. The van der Waals surface area contributed by atoms with E-state index in [9.17, 15) is 13.6 Å². The van der Waals surface area contributed by atoms with E-state index in [1.165, 1.54) is 30.6 Å². The molecule has 0 bridgehead atoms. The zero-order chi connectivity index (χ0) is 24.0. The Hall–Kier alpha value is -2.97. The quantitative estimate of drug-likeness (QED) is 0.185. The van der Waals surface area contributed by atoms with Crippen molar-refractivity contribution in [3.8, 4) is 0 Å². The predicted molar refractivity (Wildman–Crippen MR) is 134 cm³/mol. The van der Waals surface area contributed by atoms with Gasteiger partial charge >= 0.3 is 0 Å². The molecule has 0 spiro atoms. The molecule has 0 aliphatic rings. The third-order valence-corrected chi connectivity index (χ3v) is 5.13. The minimum Gasteiger partial charge on any atom is -0.366 e. The van der Waals surface area contributed by atoms with Gasteiger partial charge in [-0.2, -0.15) is 22.2 Å². The Balaban J connectivity index is 0.00000408. The molecule has 0 atom stereocenters. The van der Waals surface area contributed by atoms with Gasteiger partial charge in [-0.05, 0) is 49.4 Å². The highest BCUT2D eigenvalue weighted by molar-refractivity contribution is 7.92. The summed E-state index contributed by atoms with van der Waals surface area (Å²) in [6, 6.07) is 7.59. The molecule has 0 radical (unpaired) electrons. The number of pyridine rings is 2. The first-order chi connectivity index (χ1) is 15.8. The van der Waals surface area contributed by atoms with E-state index < -0.39 is 17.5 Å². The van der Waals surface area contributed by atoms with Crippen molar-refractivity contribution in [1.29, 1.82) is 0 Å². The lowest BCUT2D eigenvalue weighted by molar-refractivity contribution is 0.100. The van der Waals surface area contributed by atoms with Gasteiger partial charge in [0.25, 0.3) is 5.91 Å². The molecule has 9 nitrogen and oxygen atoms in total. The van der Waals surface area contributed by atoms with E-state index in [2.05, 4.69) is 26.2 Å². The molecule has 0 fully saturated rings. The second-order valence-electron chi connectivity index (χ2n) is 6.98. The topological polar surface area (TPSA) is 117 Å². The van der Waals surface area contributed by atoms with Crippen molar-refractivity contribution in [2.45, 2.75) is 13.3 Å². The first kappa shape index (κ1) is 27.3. The van der Waals surface area contributed by atoms with E-state index in [0.717, 1.165) is 17.8 Å². The first-order valence-corrected chi connectivity index (χ1v) is 10.4. The van der Waals surface area contributed by atoms with Crippen LogP contribution in [0.25, 0.3) is 0 Å². The van der Waals surface area contributed by atoms with Gasteiger partial charge in [0.1, 0.15) is 18.0 Å². The monoisotopic (exact) mass is 509 g/mol. The highest BCUT2D eigenvalue weighted by atomic mass is 32.2. The Labute approximate surface area is 207 Å². The first-order valence-electron chi connectivity index (χ1n) is 9.74. The maximum absolute atomic E-state index is 14.9. The molecule has 2 heterocycles. The van der Waals surface area contributed by atoms with Gasteiger partial charge < -0.3 is 11.1 Å². The Morgan fingerprint density at radius 3 is 2.65 bits per heavy atom. The smallest absolute Gasteiger partial charge is 0.250 e. The Morgan fingerprint density at radius 2 is 1.97 bits per heavy atom. The van der Waals surface area contributed by atoms with Crippen LogP contribution in [-0.4, -0.2) is 34.4 Å². The van der Waals surface area contributed by atoms with E-state index in [1.54, 1.807) is 37.6 Å². The highest BCUT2D eigenvalue weighted by Gasteiger charge is 2.16. The van der Waals surface area contributed by atoms with Crippen molar-refractivity contribution in [3.05, 3.63) is 76.7 Å². The lowest BCUT2D eigenvalue weighted by Crippen LogP contribution is -2.24. The molecule has 3 rings (SSSR count). The zero-order valence-electron chi connectivity index (χ0n) is 18.6. The van der Waals surface area contributed by atoms with Crippen molar-refractivity contribution < 1.29 is 17.9 Å². The number of primary amides is 1. The molecular weight excluding hydrogens is 484 g/mol. The number of carbonyl (C=O) groups excluding carboxylic acids is 1. The third kappa shape index (κ3) is 7.01. The summed E-state index contributed by atoms with van der Waals surface area (Å²) in [5, 5.41) is 2.84. The minimum absolute atomic E-state index is 0. The van der Waals surface area contributed by atoms with Crippen LogP contribution in [0.15, 0.2) is 42.7 Å². The molecule has 0 saturated heterocycles. The van der Waals surface area contributed by atoms with Crippen molar-refractivity contribution in [2.24, 2.45) is 5.73 Å². The van der Waals surface area contributed by atoms with Gasteiger partial charge in [0.2, 0.25) is 0 Å². The van der Waals surface area contributed by atoms with E-state index in [1.807, 2.05) is 0 Å². The molecule has 182 valence electrons. The summed E-state index contributed by atoms with van der Waals surface area (Å²) in [5.41, 5.74) is 12.7. The molecule has 0 saturated carbocycles. The summed E-state index contributed by atoms with van der Waals surface area (Å²) in [4.78, 5) is 20.2. The molecule has 0 unspecified atom stereocenters. The van der Waals surface area contributed by atoms with Crippen molar-refractivity contribution >= 4 is 48.8 Å². The second-order valence-corrected chi connectivity index (χ2v) is 7.85. The van der Waals surface area contributed by atoms with Crippen LogP contribution in [-0.2, 0) is 10.7 Å². The van der Waals surface area contributed by atoms with E-state index in [-0.39, 0.29) is 48.2 Å². The summed E-state index contributed by atoms with van der Waals surface area (Å²) in [6.45, 7) is 1.77. The number of benzene rings is 1. The van der Waals surface area contributed by atoms with E-state index >= 15 is 0 Å². The van der Waals surface area contributed by atoms with Gasteiger partial charge in [0.05, 0.1) is 23.1 Å². The van der Waals surface area contributed by atoms with Crippen LogP contribution in [0.5, 0.6) is 0 Å². The van der Waals surface area contributed by atoms with Crippen LogP contribution < -0.4 is 22.0 Å². The Bertz CT molecular complexity index is 1150. The molecule has 1 amide bonds. The maximum Gasteiger partial charge on any atom is 0.250 e. The number of nitrogens with two attached hydrogens (primary N) is 1. The molecule has 5 N–H and O–H groups in total. The number of hydrogen-bond donors (Lipinski definition) is 4. The van der Waals surface area contributed by atoms with Crippen molar-refractivity contribution in [1.82, 2.24) is 19.8 Å². The third-order valence-electron chi connectivity index (χ3n) is 4.56. The lowest BCUT2D eigenvalue weighted by Gasteiger charge is -2.14. The van der Waals surface area contributed by atoms with Gasteiger partial charge in [-0.15, -0.1) is 0 Å². The number of nitrogens with zero attached hydrogens (tertiary/aromatic N) is 3. The van der Waals surface area contributed by atoms with Crippen LogP contribution in [0.4, 0.5) is 26.0 Å². The average Bonchev–Trinajstić information content (AvgIpc) is 2.78. The Kier molecular flexibility index (Phi) is 10.0. The van der Waals surface area contributed by atoms with Crippen molar-refractivity contribution in [2.75, 3.05) is 24.9 Å². The number of hydrogen-bond acceptors (Lipinski definition) is 9. The molecule has 0 aliphatic heterocycles. The molecular formula is C21H25F2N7O2S2. The average molecular weight is 510 g/mol. The predicted octanol–water partition coefficient (Wildman–Crippen LogP) is 3.58. The summed E-state index contributed by atoms with van der Waals surface area (Å²) >= 11 is 0.906. The molecule has 3 aromatic rings. The zero-order valence-corrected chi connectivity index (χ0v) is 20.5. The van der Waals surface area contributed by atoms with E-state index in [4.69, 9.17) is 10.0 Å². The fourth-order valence-electron chi connectivity index (χ4n) is 2.80.